The van der Waals surface area contributed by atoms with Crippen LogP contribution in [0.2, 0.25) is 0 Å². The van der Waals surface area contributed by atoms with Crippen molar-refractivity contribution >= 4 is 23.6 Å². The van der Waals surface area contributed by atoms with Crippen LogP contribution in [0.4, 0.5) is 0 Å². The molecule has 0 aliphatic heterocycles. The first-order valence-corrected chi connectivity index (χ1v) is 7.39. The van der Waals surface area contributed by atoms with E-state index in [4.69, 9.17) is 5.11 Å². The Bertz CT molecular complexity index is 462. The number of carbonyl (C=O) groups excluding carboxylic acids is 1. The van der Waals surface area contributed by atoms with Crippen molar-refractivity contribution in [2.24, 2.45) is 0 Å². The molecule has 0 radical (unpaired) electrons. The van der Waals surface area contributed by atoms with Crippen LogP contribution in [0.15, 0.2) is 29.2 Å². The summed E-state index contributed by atoms with van der Waals surface area (Å²) in [5, 5.41) is 8.84. The monoisotopic (exact) mass is 281 g/mol. The maximum atomic E-state index is 12.5. The zero-order chi connectivity index (χ0) is 14.4. The third-order valence-corrected chi connectivity index (χ3v) is 3.74. The molecule has 0 aromatic heterocycles. The maximum absolute atomic E-state index is 12.5. The van der Waals surface area contributed by atoms with Gasteiger partial charge in [0, 0.05) is 17.5 Å². The van der Waals surface area contributed by atoms with Gasteiger partial charge in [0.05, 0.1) is 12.0 Å². The average molecular weight is 281 g/mol. The molecular formula is C14H19NO3S. The van der Waals surface area contributed by atoms with Crippen LogP contribution in [0.25, 0.3) is 0 Å². The van der Waals surface area contributed by atoms with Crippen LogP contribution in [-0.4, -0.2) is 40.7 Å². The van der Waals surface area contributed by atoms with E-state index in [1.54, 1.807) is 17.9 Å². The summed E-state index contributed by atoms with van der Waals surface area (Å²) < 4.78 is 0. The smallest absolute Gasteiger partial charge is 0.305 e. The highest BCUT2D eigenvalue weighted by Crippen LogP contribution is 2.22. The number of nitrogens with zero attached hydrogens (tertiary/aromatic N) is 1. The Labute approximate surface area is 117 Å². The van der Waals surface area contributed by atoms with E-state index in [1.165, 1.54) is 11.8 Å². The molecule has 0 saturated heterocycles. The van der Waals surface area contributed by atoms with Crippen molar-refractivity contribution in [1.29, 1.82) is 0 Å². The van der Waals surface area contributed by atoms with Crippen molar-refractivity contribution in [3.8, 4) is 0 Å². The number of rotatable bonds is 6. The first kappa shape index (κ1) is 15.6. The number of amides is 1. The minimum absolute atomic E-state index is 0.0407. The van der Waals surface area contributed by atoms with E-state index in [9.17, 15) is 9.59 Å². The lowest BCUT2D eigenvalue weighted by Gasteiger charge is -2.27. The molecule has 1 unspecified atom stereocenters. The Morgan fingerprint density at radius 2 is 2.00 bits per heavy atom. The molecule has 104 valence electrons. The van der Waals surface area contributed by atoms with E-state index >= 15 is 0 Å². The Balaban J connectivity index is 2.98. The lowest BCUT2D eigenvalue weighted by molar-refractivity contribution is -0.138. The summed E-state index contributed by atoms with van der Waals surface area (Å²) in [4.78, 5) is 25.8. The summed E-state index contributed by atoms with van der Waals surface area (Å²) in [7, 11) is 0. The fraction of sp³-hybridized carbons (Fsp3) is 0.429. The van der Waals surface area contributed by atoms with Gasteiger partial charge in [-0.2, -0.15) is 0 Å². The summed E-state index contributed by atoms with van der Waals surface area (Å²) in [5.41, 5.74) is 0.633. The molecule has 0 aliphatic carbocycles. The predicted octanol–water partition coefficient (Wildman–Crippen LogP) is 2.73. The van der Waals surface area contributed by atoms with Gasteiger partial charge in [-0.3, -0.25) is 9.59 Å². The molecule has 0 heterocycles. The van der Waals surface area contributed by atoms with Crippen LogP contribution in [0.5, 0.6) is 0 Å². The molecule has 1 rings (SSSR count). The van der Waals surface area contributed by atoms with E-state index in [1.807, 2.05) is 31.4 Å². The fourth-order valence-corrected chi connectivity index (χ4v) is 2.58. The SMILES string of the molecule is CCN(C(=O)c1ccccc1SC)C(C)CC(=O)O. The second-order valence-electron chi connectivity index (χ2n) is 4.24. The van der Waals surface area contributed by atoms with Gasteiger partial charge in [0.25, 0.3) is 5.91 Å². The molecule has 1 amide bonds. The van der Waals surface area contributed by atoms with Crippen molar-refractivity contribution in [2.45, 2.75) is 31.2 Å². The first-order valence-electron chi connectivity index (χ1n) is 6.17. The predicted molar refractivity (Wildman–Crippen MR) is 76.6 cm³/mol. The number of aliphatic carboxylic acids is 1. The Morgan fingerprint density at radius 1 is 1.37 bits per heavy atom. The normalized spacial score (nSPS) is 11.9. The summed E-state index contributed by atoms with van der Waals surface area (Å²) in [5.74, 6) is -1.00. The second-order valence-corrected chi connectivity index (χ2v) is 5.09. The zero-order valence-corrected chi connectivity index (χ0v) is 12.2. The highest BCUT2D eigenvalue weighted by molar-refractivity contribution is 7.98. The highest BCUT2D eigenvalue weighted by atomic mass is 32.2. The molecule has 0 spiro atoms. The molecule has 0 bridgehead atoms. The van der Waals surface area contributed by atoms with Crippen molar-refractivity contribution in [1.82, 2.24) is 4.90 Å². The van der Waals surface area contributed by atoms with Crippen LogP contribution in [0.1, 0.15) is 30.6 Å². The third kappa shape index (κ3) is 3.99. The van der Waals surface area contributed by atoms with Crippen LogP contribution in [0, 0.1) is 0 Å². The van der Waals surface area contributed by atoms with Gasteiger partial charge >= 0.3 is 5.97 Å². The van der Waals surface area contributed by atoms with Crippen LogP contribution in [0.3, 0.4) is 0 Å². The number of hydrogen-bond acceptors (Lipinski definition) is 3. The van der Waals surface area contributed by atoms with Crippen molar-refractivity contribution < 1.29 is 14.7 Å². The first-order chi connectivity index (χ1) is 9.01. The summed E-state index contributed by atoms with van der Waals surface area (Å²) in [6, 6.07) is 7.07. The van der Waals surface area contributed by atoms with Crippen molar-refractivity contribution in [3.05, 3.63) is 29.8 Å². The molecular weight excluding hydrogens is 262 g/mol. The van der Waals surface area contributed by atoms with Gasteiger partial charge in [0.1, 0.15) is 0 Å². The average Bonchev–Trinajstić information content (AvgIpc) is 2.38. The number of carboxylic acid groups (broad SMARTS) is 1. The van der Waals surface area contributed by atoms with Gasteiger partial charge in [-0.05, 0) is 32.2 Å². The molecule has 1 N–H and O–H groups in total. The van der Waals surface area contributed by atoms with Gasteiger partial charge in [-0.1, -0.05) is 12.1 Å². The van der Waals surface area contributed by atoms with Gasteiger partial charge in [0.15, 0.2) is 0 Å². The van der Waals surface area contributed by atoms with Crippen LogP contribution in [-0.2, 0) is 4.79 Å². The Kier molecular flexibility index (Phi) is 5.89. The fourth-order valence-electron chi connectivity index (χ4n) is 1.99. The number of carboxylic acids is 1. The van der Waals surface area contributed by atoms with Crippen molar-refractivity contribution in [2.75, 3.05) is 12.8 Å². The number of benzene rings is 1. The van der Waals surface area contributed by atoms with E-state index in [0.29, 0.717) is 12.1 Å². The summed E-state index contributed by atoms with van der Waals surface area (Å²) in [6.07, 6.45) is 1.88. The van der Waals surface area contributed by atoms with E-state index in [2.05, 4.69) is 0 Å². The molecule has 0 aliphatic rings. The van der Waals surface area contributed by atoms with Gasteiger partial charge in [-0.25, -0.2) is 0 Å². The van der Waals surface area contributed by atoms with E-state index in [-0.39, 0.29) is 18.4 Å². The number of thioether (sulfide) groups is 1. The number of hydrogen-bond donors (Lipinski definition) is 1. The Morgan fingerprint density at radius 3 is 2.53 bits per heavy atom. The quantitative estimate of drug-likeness (QED) is 0.815. The van der Waals surface area contributed by atoms with Crippen LogP contribution < -0.4 is 0 Å². The molecule has 0 fully saturated rings. The molecule has 5 heteroatoms. The summed E-state index contributed by atoms with van der Waals surface area (Å²) >= 11 is 1.51. The molecule has 4 nitrogen and oxygen atoms in total. The van der Waals surface area contributed by atoms with E-state index in [0.717, 1.165) is 4.90 Å². The molecule has 0 saturated carbocycles. The van der Waals surface area contributed by atoms with Crippen molar-refractivity contribution in [3.63, 3.8) is 0 Å². The maximum Gasteiger partial charge on any atom is 0.305 e. The topological polar surface area (TPSA) is 57.6 Å². The molecule has 1 atom stereocenters. The minimum Gasteiger partial charge on any atom is -0.481 e. The van der Waals surface area contributed by atoms with Gasteiger partial charge in [-0.15, -0.1) is 11.8 Å². The molecule has 19 heavy (non-hydrogen) atoms. The Hall–Kier alpha value is -1.49. The summed E-state index contributed by atoms with van der Waals surface area (Å²) in [6.45, 7) is 4.12. The lowest BCUT2D eigenvalue weighted by atomic mass is 10.1. The molecule has 1 aromatic rings. The standard InChI is InChI=1S/C14H19NO3S/c1-4-15(10(2)9-13(16)17)14(18)11-7-5-6-8-12(11)19-3/h5-8,10H,4,9H2,1-3H3,(H,16,17). The minimum atomic E-state index is -0.892. The third-order valence-electron chi connectivity index (χ3n) is 2.94. The van der Waals surface area contributed by atoms with Gasteiger partial charge < -0.3 is 10.0 Å². The number of carbonyl (C=O) groups is 2. The van der Waals surface area contributed by atoms with Gasteiger partial charge in [0.2, 0.25) is 0 Å². The van der Waals surface area contributed by atoms with Crippen LogP contribution >= 0.6 is 11.8 Å². The van der Waals surface area contributed by atoms with E-state index < -0.39 is 5.97 Å². The highest BCUT2D eigenvalue weighted by Gasteiger charge is 2.23. The lowest BCUT2D eigenvalue weighted by Crippen LogP contribution is -2.39. The molecule has 1 aromatic carbocycles. The zero-order valence-electron chi connectivity index (χ0n) is 11.4. The second kappa shape index (κ2) is 7.19. The largest absolute Gasteiger partial charge is 0.481 e.